The maximum atomic E-state index is 5.34. The van der Waals surface area contributed by atoms with Crippen LogP contribution in [0.4, 0.5) is 0 Å². The maximum Gasteiger partial charge on any atom is 0.165 e. The number of hydrogen-bond donors (Lipinski definition) is 0. The zero-order chi connectivity index (χ0) is 38.2. The Hall–Kier alpha value is -7.14. The van der Waals surface area contributed by atoms with Crippen LogP contribution in [0, 0.1) is 0 Å². The van der Waals surface area contributed by atoms with Gasteiger partial charge in [0.1, 0.15) is 0 Å². The molecule has 0 N–H and O–H groups in total. The first-order valence-electron chi connectivity index (χ1n) is 19.7. The van der Waals surface area contributed by atoms with Crippen LogP contribution in [-0.4, -0.2) is 15.0 Å². The Balaban J connectivity index is 1.08. The normalized spacial score (nSPS) is 13.2. The molecule has 0 bridgehead atoms. The molecule has 58 heavy (non-hydrogen) atoms. The Bertz CT molecular complexity index is 3220. The van der Waals surface area contributed by atoms with Crippen LogP contribution in [-0.2, 0) is 5.41 Å². The van der Waals surface area contributed by atoms with Gasteiger partial charge in [0.25, 0.3) is 0 Å². The van der Waals surface area contributed by atoms with Gasteiger partial charge in [0.05, 0.1) is 5.41 Å². The summed E-state index contributed by atoms with van der Waals surface area (Å²) >= 11 is 1.85. The van der Waals surface area contributed by atoms with Gasteiger partial charge in [-0.15, -0.1) is 0 Å². The number of rotatable bonds is 4. The second-order valence-corrected chi connectivity index (χ2v) is 16.1. The summed E-state index contributed by atoms with van der Waals surface area (Å²) in [5, 5.41) is 4.94. The minimum absolute atomic E-state index is 0.528. The molecule has 12 rings (SSSR count). The van der Waals surface area contributed by atoms with Gasteiger partial charge in [0.15, 0.2) is 17.5 Å². The molecule has 270 valence electrons. The quantitative estimate of drug-likeness (QED) is 0.179. The van der Waals surface area contributed by atoms with Crippen LogP contribution in [0.1, 0.15) is 22.3 Å². The van der Waals surface area contributed by atoms with E-state index in [9.17, 15) is 0 Å². The molecule has 0 amide bonds. The summed E-state index contributed by atoms with van der Waals surface area (Å²) in [5.74, 6) is 1.95. The fourth-order valence-electron chi connectivity index (χ4n) is 9.35. The van der Waals surface area contributed by atoms with Crippen LogP contribution in [0.15, 0.2) is 210 Å². The van der Waals surface area contributed by atoms with Gasteiger partial charge >= 0.3 is 0 Å². The number of fused-ring (bicyclic) bond motifs is 12. The maximum absolute atomic E-state index is 5.34. The van der Waals surface area contributed by atoms with Gasteiger partial charge in [-0.25, -0.2) is 15.0 Å². The molecule has 0 atom stereocenters. The van der Waals surface area contributed by atoms with E-state index in [1.54, 1.807) is 0 Å². The Kier molecular flexibility index (Phi) is 7.38. The van der Waals surface area contributed by atoms with Gasteiger partial charge in [-0.2, -0.15) is 0 Å². The van der Waals surface area contributed by atoms with E-state index in [4.69, 9.17) is 15.0 Å². The van der Waals surface area contributed by atoms with Gasteiger partial charge in [-0.05, 0) is 72.1 Å². The molecule has 0 unspecified atom stereocenters. The minimum Gasteiger partial charge on any atom is -0.208 e. The molecule has 3 nitrogen and oxygen atoms in total. The summed E-state index contributed by atoms with van der Waals surface area (Å²) in [5.41, 5.74) is 12.4. The molecule has 1 aliphatic heterocycles. The van der Waals surface area contributed by atoms with E-state index < -0.39 is 5.41 Å². The molecule has 1 aliphatic carbocycles. The molecular formula is C54H33N3S. The highest BCUT2D eigenvalue weighted by atomic mass is 32.2. The zero-order valence-electron chi connectivity index (χ0n) is 31.3. The zero-order valence-corrected chi connectivity index (χ0v) is 32.1. The highest BCUT2D eigenvalue weighted by Gasteiger charge is 2.51. The van der Waals surface area contributed by atoms with Gasteiger partial charge < -0.3 is 0 Å². The van der Waals surface area contributed by atoms with Crippen molar-refractivity contribution in [2.45, 2.75) is 15.2 Å². The molecule has 0 saturated heterocycles. The summed E-state index contributed by atoms with van der Waals surface area (Å²) in [6, 6.07) is 72.1. The standard InChI is InChI=1S/C54H33N3S/c1-2-15-37(16-3-1)51-55-52(38-28-25-35(26-29-38)40-30-27-34-13-4-5-17-39(34)33-40)57-53(56-51)44-21-12-24-47-50(44)58-49-41-18-7-6-14-36(41)31-32-48(49)54(47)45-22-10-8-19-42(45)43-20-9-11-23-46(43)54/h1-33H. The van der Waals surface area contributed by atoms with Crippen LogP contribution in [0.3, 0.4) is 0 Å². The highest BCUT2D eigenvalue weighted by molar-refractivity contribution is 8.00. The second kappa shape index (κ2) is 13.0. The van der Waals surface area contributed by atoms with Crippen LogP contribution in [0.2, 0.25) is 0 Å². The van der Waals surface area contributed by atoms with Crippen LogP contribution in [0.25, 0.3) is 78.0 Å². The molecule has 0 fully saturated rings. The third kappa shape index (κ3) is 4.92. The second-order valence-electron chi connectivity index (χ2n) is 15.1. The molecular weight excluding hydrogens is 723 g/mol. The lowest BCUT2D eigenvalue weighted by Gasteiger charge is -2.40. The van der Waals surface area contributed by atoms with Crippen molar-refractivity contribution in [1.82, 2.24) is 15.0 Å². The summed E-state index contributed by atoms with van der Waals surface area (Å²) in [6.45, 7) is 0. The first-order valence-corrected chi connectivity index (χ1v) is 20.5. The Morgan fingerprint density at radius 2 is 0.828 bits per heavy atom. The van der Waals surface area contributed by atoms with Gasteiger partial charge in [0.2, 0.25) is 0 Å². The molecule has 2 heterocycles. The van der Waals surface area contributed by atoms with Crippen molar-refractivity contribution >= 4 is 33.3 Å². The SMILES string of the molecule is c1ccc(-c2nc(-c3ccc(-c4ccc5ccccc5c4)cc3)nc(-c3cccc4c3Sc3c(ccc5ccccc35)C43c4ccccc4-c4ccccc43)n2)cc1. The first kappa shape index (κ1) is 33.0. The number of nitrogens with zero attached hydrogens (tertiary/aromatic N) is 3. The Morgan fingerprint density at radius 3 is 1.59 bits per heavy atom. The first-order chi connectivity index (χ1) is 28.7. The van der Waals surface area contributed by atoms with Gasteiger partial charge in [0, 0.05) is 26.5 Å². The molecule has 1 aromatic heterocycles. The molecule has 0 radical (unpaired) electrons. The third-order valence-corrected chi connectivity index (χ3v) is 13.3. The fourth-order valence-corrected chi connectivity index (χ4v) is 10.8. The molecule has 0 saturated carbocycles. The molecule has 10 aromatic rings. The lowest BCUT2D eigenvalue weighted by atomic mass is 9.66. The van der Waals surface area contributed by atoms with E-state index in [1.807, 2.05) is 30.0 Å². The number of benzene rings is 9. The number of aromatic nitrogens is 3. The molecule has 9 aromatic carbocycles. The van der Waals surface area contributed by atoms with Crippen molar-refractivity contribution < 1.29 is 0 Å². The topological polar surface area (TPSA) is 38.7 Å². The monoisotopic (exact) mass is 755 g/mol. The number of hydrogen-bond acceptors (Lipinski definition) is 4. The van der Waals surface area contributed by atoms with Gasteiger partial charge in [-0.1, -0.05) is 206 Å². The predicted octanol–water partition coefficient (Wildman–Crippen LogP) is 13.7. The van der Waals surface area contributed by atoms with Crippen molar-refractivity contribution in [2.24, 2.45) is 0 Å². The van der Waals surface area contributed by atoms with Crippen molar-refractivity contribution in [2.75, 3.05) is 0 Å². The van der Waals surface area contributed by atoms with E-state index >= 15 is 0 Å². The summed E-state index contributed by atoms with van der Waals surface area (Å²) in [6.07, 6.45) is 0. The molecule has 4 heteroatoms. The lowest BCUT2D eigenvalue weighted by Crippen LogP contribution is -2.32. The lowest BCUT2D eigenvalue weighted by molar-refractivity contribution is 0.726. The minimum atomic E-state index is -0.528. The average molecular weight is 756 g/mol. The molecule has 1 spiro atoms. The fraction of sp³-hybridized carbons (Fsp3) is 0.0185. The van der Waals surface area contributed by atoms with Gasteiger partial charge in [-0.3, -0.25) is 0 Å². The largest absolute Gasteiger partial charge is 0.208 e. The van der Waals surface area contributed by atoms with E-state index in [0.29, 0.717) is 17.5 Å². The van der Waals surface area contributed by atoms with Crippen molar-refractivity contribution in [1.29, 1.82) is 0 Å². The molecule has 2 aliphatic rings. The Labute approximate surface area is 340 Å². The van der Waals surface area contributed by atoms with E-state index in [-0.39, 0.29) is 0 Å². The van der Waals surface area contributed by atoms with Crippen molar-refractivity contribution in [3.05, 3.63) is 222 Å². The van der Waals surface area contributed by atoms with E-state index in [0.717, 1.165) is 22.3 Å². The van der Waals surface area contributed by atoms with Crippen molar-refractivity contribution in [3.8, 4) is 56.4 Å². The smallest absolute Gasteiger partial charge is 0.165 e. The van der Waals surface area contributed by atoms with E-state index in [2.05, 4.69) is 182 Å². The highest BCUT2D eigenvalue weighted by Crippen LogP contribution is 2.64. The summed E-state index contributed by atoms with van der Waals surface area (Å²) in [7, 11) is 0. The average Bonchev–Trinajstić information content (AvgIpc) is 3.59. The summed E-state index contributed by atoms with van der Waals surface area (Å²) < 4.78 is 0. The van der Waals surface area contributed by atoms with Crippen LogP contribution >= 0.6 is 11.8 Å². The van der Waals surface area contributed by atoms with Crippen LogP contribution in [0.5, 0.6) is 0 Å². The van der Waals surface area contributed by atoms with Crippen LogP contribution < -0.4 is 0 Å². The third-order valence-electron chi connectivity index (χ3n) is 12.0. The van der Waals surface area contributed by atoms with Crippen molar-refractivity contribution in [3.63, 3.8) is 0 Å². The Morgan fingerprint density at radius 1 is 0.310 bits per heavy atom. The predicted molar refractivity (Wildman–Crippen MR) is 238 cm³/mol. The summed E-state index contributed by atoms with van der Waals surface area (Å²) in [4.78, 5) is 18.2. The van der Waals surface area contributed by atoms with E-state index in [1.165, 1.54) is 70.3 Å².